The van der Waals surface area contributed by atoms with Crippen molar-refractivity contribution in [3.05, 3.63) is 0 Å². The van der Waals surface area contributed by atoms with Crippen molar-refractivity contribution in [2.24, 2.45) is 11.7 Å². The smallest absolute Gasteiger partial charge is 0.0110 e. The van der Waals surface area contributed by atoms with Crippen LogP contribution in [0.2, 0.25) is 0 Å². The number of nitrogens with two attached hydrogens (primary N) is 1. The third kappa shape index (κ3) is 4.21. The molecule has 2 N–H and O–H groups in total. The highest BCUT2D eigenvalue weighted by molar-refractivity contribution is 5.85. The summed E-state index contributed by atoms with van der Waals surface area (Å²) >= 11 is 0. The van der Waals surface area contributed by atoms with Gasteiger partial charge in [-0.1, -0.05) is 0 Å². The van der Waals surface area contributed by atoms with Crippen LogP contribution in [0.1, 0.15) is 25.7 Å². The summed E-state index contributed by atoms with van der Waals surface area (Å²) in [6.07, 6.45) is 5.21. The maximum absolute atomic E-state index is 5.93. The fourth-order valence-electron chi connectivity index (χ4n) is 2.77. The van der Waals surface area contributed by atoms with E-state index in [1.54, 1.807) is 0 Å². The van der Waals surface area contributed by atoms with Crippen LogP contribution in [-0.4, -0.2) is 55.6 Å². The van der Waals surface area contributed by atoms with Crippen LogP contribution in [-0.2, 0) is 0 Å². The molecule has 3 nitrogen and oxygen atoms in total. The van der Waals surface area contributed by atoms with Crippen LogP contribution in [0, 0.1) is 5.92 Å². The SMILES string of the molecule is CN1CCN(CC2CCC(N)CC2)CC1.Cl. The molecule has 96 valence electrons. The number of hydrogen-bond acceptors (Lipinski definition) is 3. The first-order valence-corrected chi connectivity index (χ1v) is 6.40. The minimum atomic E-state index is 0. The molecule has 0 aromatic rings. The highest BCUT2D eigenvalue weighted by Crippen LogP contribution is 2.24. The maximum Gasteiger partial charge on any atom is 0.0110 e. The fourth-order valence-corrected chi connectivity index (χ4v) is 2.77. The van der Waals surface area contributed by atoms with Crippen molar-refractivity contribution in [2.75, 3.05) is 39.8 Å². The lowest BCUT2D eigenvalue weighted by Gasteiger charge is -2.36. The van der Waals surface area contributed by atoms with Gasteiger partial charge in [0.25, 0.3) is 0 Å². The Balaban J connectivity index is 0.00000128. The van der Waals surface area contributed by atoms with Crippen molar-refractivity contribution in [3.63, 3.8) is 0 Å². The monoisotopic (exact) mass is 247 g/mol. The number of hydrogen-bond donors (Lipinski definition) is 1. The molecule has 16 heavy (non-hydrogen) atoms. The van der Waals surface area contributed by atoms with E-state index in [4.69, 9.17) is 5.73 Å². The van der Waals surface area contributed by atoms with Gasteiger partial charge in [0.15, 0.2) is 0 Å². The lowest BCUT2D eigenvalue weighted by molar-refractivity contribution is 0.123. The molecule has 0 amide bonds. The van der Waals surface area contributed by atoms with Gasteiger partial charge in [0, 0.05) is 38.8 Å². The molecule has 2 rings (SSSR count). The molecular formula is C12H26ClN3. The molecule has 0 aromatic carbocycles. The number of nitrogens with zero attached hydrogens (tertiary/aromatic N) is 2. The quantitative estimate of drug-likeness (QED) is 0.795. The second kappa shape index (κ2) is 6.80. The van der Waals surface area contributed by atoms with E-state index in [1.165, 1.54) is 58.4 Å². The van der Waals surface area contributed by atoms with Crippen LogP contribution in [0.5, 0.6) is 0 Å². The first-order chi connectivity index (χ1) is 7.24. The lowest BCUT2D eigenvalue weighted by atomic mass is 9.86. The van der Waals surface area contributed by atoms with Crippen molar-refractivity contribution >= 4 is 12.4 Å². The first kappa shape index (κ1) is 14.2. The molecule has 0 bridgehead atoms. The standard InChI is InChI=1S/C12H25N3.ClH/c1-14-6-8-15(9-7-14)10-11-2-4-12(13)5-3-11;/h11-12H,2-10,13H2,1H3;1H. The molecule has 2 fully saturated rings. The van der Waals surface area contributed by atoms with Crippen molar-refractivity contribution in [3.8, 4) is 0 Å². The van der Waals surface area contributed by atoms with E-state index in [-0.39, 0.29) is 12.4 Å². The van der Waals surface area contributed by atoms with Crippen LogP contribution in [0.4, 0.5) is 0 Å². The van der Waals surface area contributed by atoms with Gasteiger partial charge in [0.2, 0.25) is 0 Å². The number of rotatable bonds is 2. The Morgan fingerprint density at radius 3 is 2.12 bits per heavy atom. The van der Waals surface area contributed by atoms with E-state index in [0.717, 1.165) is 5.92 Å². The lowest BCUT2D eigenvalue weighted by Crippen LogP contribution is -2.46. The summed E-state index contributed by atoms with van der Waals surface area (Å²) in [7, 11) is 2.22. The van der Waals surface area contributed by atoms with E-state index in [2.05, 4.69) is 16.8 Å². The third-order valence-electron chi connectivity index (χ3n) is 4.00. The van der Waals surface area contributed by atoms with E-state index in [1.807, 2.05) is 0 Å². The number of halogens is 1. The van der Waals surface area contributed by atoms with Crippen molar-refractivity contribution in [2.45, 2.75) is 31.7 Å². The van der Waals surface area contributed by atoms with Crippen LogP contribution < -0.4 is 5.73 Å². The van der Waals surface area contributed by atoms with E-state index < -0.39 is 0 Å². The highest BCUT2D eigenvalue weighted by atomic mass is 35.5. The Bertz CT molecular complexity index is 165. The summed E-state index contributed by atoms with van der Waals surface area (Å²) in [5, 5.41) is 0. The van der Waals surface area contributed by atoms with Crippen molar-refractivity contribution in [1.82, 2.24) is 9.80 Å². The molecule has 0 spiro atoms. The van der Waals surface area contributed by atoms with Gasteiger partial charge in [0.1, 0.15) is 0 Å². The second-order valence-electron chi connectivity index (χ2n) is 5.38. The van der Waals surface area contributed by atoms with E-state index >= 15 is 0 Å². The highest BCUT2D eigenvalue weighted by Gasteiger charge is 2.22. The number of piperazine rings is 1. The van der Waals surface area contributed by atoms with Crippen LogP contribution >= 0.6 is 12.4 Å². The van der Waals surface area contributed by atoms with Crippen LogP contribution in [0.25, 0.3) is 0 Å². The van der Waals surface area contributed by atoms with Crippen LogP contribution in [0.15, 0.2) is 0 Å². The summed E-state index contributed by atoms with van der Waals surface area (Å²) in [4.78, 5) is 5.06. The minimum absolute atomic E-state index is 0. The summed E-state index contributed by atoms with van der Waals surface area (Å²) in [6, 6.07) is 0.494. The average Bonchev–Trinajstić information content (AvgIpc) is 2.25. The van der Waals surface area contributed by atoms with Crippen LogP contribution in [0.3, 0.4) is 0 Å². The maximum atomic E-state index is 5.93. The minimum Gasteiger partial charge on any atom is -0.328 e. The Kier molecular flexibility index (Phi) is 6.05. The average molecular weight is 248 g/mol. The molecule has 0 atom stereocenters. The topological polar surface area (TPSA) is 32.5 Å². The molecule has 1 saturated heterocycles. The predicted octanol–water partition coefficient (Wildman–Crippen LogP) is 1.17. The first-order valence-electron chi connectivity index (χ1n) is 6.40. The summed E-state index contributed by atoms with van der Waals surface area (Å²) in [6.45, 7) is 6.33. The Morgan fingerprint density at radius 2 is 1.56 bits per heavy atom. The Hall–Kier alpha value is 0.170. The molecule has 1 saturated carbocycles. The summed E-state index contributed by atoms with van der Waals surface area (Å²) < 4.78 is 0. The Labute approximate surface area is 106 Å². The molecular weight excluding hydrogens is 222 g/mol. The van der Waals surface area contributed by atoms with Gasteiger partial charge in [-0.15, -0.1) is 12.4 Å². The van der Waals surface area contributed by atoms with Crippen molar-refractivity contribution in [1.29, 1.82) is 0 Å². The molecule has 4 heteroatoms. The Morgan fingerprint density at radius 1 is 1.00 bits per heavy atom. The van der Waals surface area contributed by atoms with Gasteiger partial charge in [-0.05, 0) is 38.6 Å². The van der Waals surface area contributed by atoms with Crippen molar-refractivity contribution < 1.29 is 0 Å². The van der Waals surface area contributed by atoms with Gasteiger partial charge in [-0.2, -0.15) is 0 Å². The molecule has 1 aliphatic carbocycles. The summed E-state index contributed by atoms with van der Waals surface area (Å²) in [5.41, 5.74) is 5.93. The molecule has 1 aliphatic heterocycles. The molecule has 2 aliphatic rings. The summed E-state index contributed by atoms with van der Waals surface area (Å²) in [5.74, 6) is 0.924. The zero-order chi connectivity index (χ0) is 10.7. The molecule has 0 aromatic heterocycles. The normalized spacial score (nSPS) is 33.4. The third-order valence-corrected chi connectivity index (χ3v) is 4.00. The van der Waals surface area contributed by atoms with E-state index in [9.17, 15) is 0 Å². The van der Waals surface area contributed by atoms with Gasteiger partial charge in [0.05, 0.1) is 0 Å². The number of likely N-dealkylation sites (N-methyl/N-ethyl adjacent to an activating group) is 1. The predicted molar refractivity (Wildman–Crippen MR) is 71.1 cm³/mol. The van der Waals surface area contributed by atoms with Gasteiger partial charge in [-0.3, -0.25) is 0 Å². The zero-order valence-corrected chi connectivity index (χ0v) is 11.2. The van der Waals surface area contributed by atoms with E-state index in [0.29, 0.717) is 6.04 Å². The molecule has 0 radical (unpaired) electrons. The second-order valence-corrected chi connectivity index (χ2v) is 5.38. The van der Waals surface area contributed by atoms with Gasteiger partial charge >= 0.3 is 0 Å². The largest absolute Gasteiger partial charge is 0.328 e. The fraction of sp³-hybridized carbons (Fsp3) is 1.00. The van der Waals surface area contributed by atoms with Gasteiger partial charge in [-0.25, -0.2) is 0 Å². The zero-order valence-electron chi connectivity index (χ0n) is 10.4. The molecule has 0 unspecified atom stereocenters. The van der Waals surface area contributed by atoms with Gasteiger partial charge < -0.3 is 15.5 Å². The molecule has 1 heterocycles.